The fraction of sp³-hybridized carbons (Fsp3) is 0.391. The number of nitrogens with zero attached hydrogens (tertiary/aromatic N) is 2. The maximum absolute atomic E-state index is 14.2. The van der Waals surface area contributed by atoms with Gasteiger partial charge in [-0.3, -0.25) is 4.79 Å². The molecule has 1 amide bonds. The Hall–Kier alpha value is -2.83. The van der Waals surface area contributed by atoms with E-state index < -0.39 is 17.7 Å². The molecule has 0 radical (unpaired) electrons. The Labute approximate surface area is 174 Å². The van der Waals surface area contributed by atoms with Crippen molar-refractivity contribution in [1.29, 1.82) is 0 Å². The van der Waals surface area contributed by atoms with E-state index in [9.17, 15) is 18.0 Å². The number of hydrogen-bond donors (Lipinski definition) is 0. The normalized spacial score (nSPS) is 16.2. The third-order valence-corrected chi connectivity index (χ3v) is 4.73. The molecule has 0 aliphatic carbocycles. The highest BCUT2D eigenvalue weighted by atomic mass is 19.1. The van der Waals surface area contributed by atoms with E-state index in [4.69, 9.17) is 4.84 Å². The van der Waals surface area contributed by atoms with E-state index in [0.29, 0.717) is 17.7 Å². The molecule has 1 heterocycles. The first kappa shape index (κ1) is 21.9. The van der Waals surface area contributed by atoms with Gasteiger partial charge in [-0.2, -0.15) is 0 Å². The van der Waals surface area contributed by atoms with E-state index >= 15 is 0 Å². The van der Waals surface area contributed by atoms with Gasteiger partial charge in [-0.25, -0.2) is 13.2 Å². The predicted octanol–water partition coefficient (Wildman–Crippen LogP) is 5.06. The summed E-state index contributed by atoms with van der Waals surface area (Å²) in [7, 11) is 0. The van der Waals surface area contributed by atoms with Crippen molar-refractivity contribution in [1.82, 2.24) is 4.90 Å². The van der Waals surface area contributed by atoms with Crippen molar-refractivity contribution in [2.24, 2.45) is 10.6 Å². The molecule has 0 aromatic heterocycles. The van der Waals surface area contributed by atoms with E-state index in [1.807, 2.05) is 20.8 Å². The third-order valence-electron chi connectivity index (χ3n) is 4.73. The average molecular weight is 418 g/mol. The molecule has 3 rings (SSSR count). The van der Waals surface area contributed by atoms with Crippen LogP contribution in [0.5, 0.6) is 0 Å². The van der Waals surface area contributed by atoms with Gasteiger partial charge in [0.25, 0.3) is 0 Å². The topological polar surface area (TPSA) is 41.9 Å². The molecule has 4 nitrogen and oxygen atoms in total. The number of amides is 1. The third kappa shape index (κ3) is 5.84. The minimum Gasteiger partial charge on any atom is -0.390 e. The van der Waals surface area contributed by atoms with E-state index in [1.165, 1.54) is 29.2 Å². The number of hydrogen-bond acceptors (Lipinski definition) is 3. The molecule has 0 spiro atoms. The predicted molar refractivity (Wildman–Crippen MR) is 108 cm³/mol. The Morgan fingerprint density at radius 3 is 2.53 bits per heavy atom. The lowest BCUT2D eigenvalue weighted by Crippen LogP contribution is -2.39. The summed E-state index contributed by atoms with van der Waals surface area (Å²) in [6, 6.07) is 9.37. The van der Waals surface area contributed by atoms with Gasteiger partial charge in [0.05, 0.1) is 12.3 Å². The molecule has 1 unspecified atom stereocenters. The molecule has 0 N–H and O–H groups in total. The van der Waals surface area contributed by atoms with Crippen LogP contribution in [0.4, 0.5) is 13.2 Å². The number of rotatable bonds is 6. The Morgan fingerprint density at radius 1 is 1.13 bits per heavy atom. The summed E-state index contributed by atoms with van der Waals surface area (Å²) in [5.74, 6) is -1.90. The second-order valence-corrected chi connectivity index (χ2v) is 8.73. The van der Waals surface area contributed by atoms with Crippen molar-refractivity contribution in [2.75, 3.05) is 6.54 Å². The molecule has 30 heavy (non-hydrogen) atoms. The zero-order valence-electron chi connectivity index (χ0n) is 17.3. The number of carbonyl (C=O) groups excluding carboxylic acids is 1. The number of benzene rings is 2. The van der Waals surface area contributed by atoms with Crippen LogP contribution >= 0.6 is 0 Å². The van der Waals surface area contributed by atoms with Crippen LogP contribution in [-0.4, -0.2) is 29.2 Å². The zero-order valence-corrected chi connectivity index (χ0v) is 17.3. The van der Waals surface area contributed by atoms with Gasteiger partial charge in [0.1, 0.15) is 17.5 Å². The van der Waals surface area contributed by atoms with Gasteiger partial charge in [-0.1, -0.05) is 44.1 Å². The summed E-state index contributed by atoms with van der Waals surface area (Å²) < 4.78 is 40.9. The average Bonchev–Trinajstić information content (AvgIpc) is 3.10. The van der Waals surface area contributed by atoms with Crippen molar-refractivity contribution in [3.8, 4) is 0 Å². The van der Waals surface area contributed by atoms with Crippen molar-refractivity contribution < 1.29 is 22.8 Å². The molecule has 0 saturated carbocycles. The number of carbonyl (C=O) groups is 1. The van der Waals surface area contributed by atoms with Crippen LogP contribution in [0.1, 0.15) is 44.7 Å². The minimum atomic E-state index is -0.701. The quantitative estimate of drug-likeness (QED) is 0.658. The van der Waals surface area contributed by atoms with Gasteiger partial charge < -0.3 is 9.74 Å². The molecule has 0 saturated heterocycles. The summed E-state index contributed by atoms with van der Waals surface area (Å²) in [4.78, 5) is 19.9. The minimum absolute atomic E-state index is 0.00378. The van der Waals surface area contributed by atoms with Crippen LogP contribution in [0.2, 0.25) is 0 Å². The lowest BCUT2D eigenvalue weighted by Gasteiger charge is -2.28. The molecule has 1 atom stereocenters. The molecule has 7 heteroatoms. The highest BCUT2D eigenvalue weighted by Gasteiger charge is 2.29. The molecule has 1 aliphatic heterocycles. The molecule has 0 fully saturated rings. The maximum Gasteiger partial charge on any atom is 0.223 e. The second kappa shape index (κ2) is 8.90. The van der Waals surface area contributed by atoms with Gasteiger partial charge in [0, 0.05) is 36.6 Å². The van der Waals surface area contributed by atoms with E-state index in [1.54, 1.807) is 12.1 Å². The fourth-order valence-electron chi connectivity index (χ4n) is 3.29. The van der Waals surface area contributed by atoms with Crippen LogP contribution in [0.15, 0.2) is 47.6 Å². The SMILES string of the molecule is CC(C)(C)CC(=O)N(Cc1ccc(F)cc1F)CC1CC(c2cccc(F)c2)=NO1. The van der Waals surface area contributed by atoms with Crippen molar-refractivity contribution in [2.45, 2.75) is 46.3 Å². The summed E-state index contributed by atoms with van der Waals surface area (Å²) in [5, 5.41) is 4.04. The van der Waals surface area contributed by atoms with Crippen LogP contribution in [0, 0.1) is 22.9 Å². The molecular weight excluding hydrogens is 393 g/mol. The van der Waals surface area contributed by atoms with Crippen LogP contribution in [0.25, 0.3) is 0 Å². The number of oxime groups is 1. The van der Waals surface area contributed by atoms with Crippen molar-refractivity contribution in [3.05, 3.63) is 71.0 Å². The first-order chi connectivity index (χ1) is 14.1. The molecule has 2 aromatic rings. The molecule has 160 valence electrons. The summed E-state index contributed by atoms with van der Waals surface area (Å²) in [6.07, 6.45) is 0.227. The van der Waals surface area contributed by atoms with Gasteiger partial charge in [-0.15, -0.1) is 0 Å². The maximum atomic E-state index is 14.2. The van der Waals surface area contributed by atoms with Crippen molar-refractivity contribution >= 4 is 11.6 Å². The summed E-state index contributed by atoms with van der Waals surface area (Å²) in [6.45, 7) is 6.01. The largest absolute Gasteiger partial charge is 0.390 e. The second-order valence-electron chi connectivity index (χ2n) is 8.73. The Bertz CT molecular complexity index is 954. The Balaban J connectivity index is 1.73. The highest BCUT2D eigenvalue weighted by Crippen LogP contribution is 2.24. The Kier molecular flexibility index (Phi) is 6.48. The molecule has 1 aliphatic rings. The first-order valence-electron chi connectivity index (χ1n) is 9.81. The number of halogens is 3. The zero-order chi connectivity index (χ0) is 21.9. The smallest absolute Gasteiger partial charge is 0.223 e. The molecular formula is C23H25F3N2O2. The summed E-state index contributed by atoms with van der Waals surface area (Å²) >= 11 is 0. The fourth-order valence-corrected chi connectivity index (χ4v) is 3.29. The lowest BCUT2D eigenvalue weighted by molar-refractivity contribution is -0.135. The van der Waals surface area contributed by atoms with E-state index in [2.05, 4.69) is 5.16 Å². The highest BCUT2D eigenvalue weighted by molar-refractivity contribution is 6.01. The Morgan fingerprint density at radius 2 is 1.87 bits per heavy atom. The monoisotopic (exact) mass is 418 g/mol. The first-order valence-corrected chi connectivity index (χ1v) is 9.81. The van der Waals surface area contributed by atoms with Gasteiger partial charge in [-0.05, 0) is 23.6 Å². The van der Waals surface area contributed by atoms with E-state index in [0.717, 1.165) is 6.07 Å². The van der Waals surface area contributed by atoms with Crippen LogP contribution in [-0.2, 0) is 16.2 Å². The molecule has 2 aromatic carbocycles. The van der Waals surface area contributed by atoms with E-state index in [-0.39, 0.29) is 42.2 Å². The van der Waals surface area contributed by atoms with Crippen molar-refractivity contribution in [3.63, 3.8) is 0 Å². The molecule has 0 bridgehead atoms. The van der Waals surface area contributed by atoms with Gasteiger partial charge in [0.15, 0.2) is 6.10 Å². The van der Waals surface area contributed by atoms with Gasteiger partial charge in [0.2, 0.25) is 5.91 Å². The van der Waals surface area contributed by atoms with Crippen LogP contribution < -0.4 is 0 Å². The van der Waals surface area contributed by atoms with Gasteiger partial charge >= 0.3 is 0 Å². The lowest BCUT2D eigenvalue weighted by atomic mass is 9.91. The van der Waals surface area contributed by atoms with Crippen LogP contribution in [0.3, 0.4) is 0 Å². The standard InChI is InChI=1S/C23H25F3N2O2/c1-23(2,3)12-22(29)28(13-16-7-8-18(25)10-20(16)26)14-19-11-21(27-30-19)15-5-4-6-17(24)9-15/h4-10,19H,11-14H2,1-3H3. The summed E-state index contributed by atoms with van der Waals surface area (Å²) in [5.41, 5.74) is 1.18.